The maximum Gasteiger partial charge on any atom is 0.261 e. The summed E-state index contributed by atoms with van der Waals surface area (Å²) in [4.78, 5) is 16.4. The maximum absolute atomic E-state index is 12.9. The molecule has 1 aromatic heterocycles. The Labute approximate surface area is 160 Å². The predicted molar refractivity (Wildman–Crippen MR) is 102 cm³/mol. The van der Waals surface area contributed by atoms with E-state index in [4.69, 9.17) is 0 Å². The molecule has 2 aromatic carbocycles. The average molecular weight is 405 g/mol. The molecule has 0 aliphatic carbocycles. The normalized spacial score (nSPS) is 11.2. The van der Waals surface area contributed by atoms with Crippen LogP contribution in [0.15, 0.2) is 58.8 Å². The van der Waals surface area contributed by atoms with E-state index < -0.39 is 15.8 Å². The van der Waals surface area contributed by atoms with Crippen LogP contribution >= 0.6 is 11.3 Å². The van der Waals surface area contributed by atoms with E-state index in [2.05, 4.69) is 15.0 Å². The van der Waals surface area contributed by atoms with Crippen molar-refractivity contribution in [2.45, 2.75) is 18.4 Å². The third kappa shape index (κ3) is 4.89. The molecule has 0 aliphatic rings. The van der Waals surface area contributed by atoms with E-state index >= 15 is 0 Å². The number of anilines is 1. The van der Waals surface area contributed by atoms with Gasteiger partial charge in [0.25, 0.3) is 15.9 Å². The van der Waals surface area contributed by atoms with Gasteiger partial charge in [0.15, 0.2) is 0 Å². The first-order chi connectivity index (χ1) is 12.8. The molecule has 2 N–H and O–H groups in total. The zero-order valence-electron chi connectivity index (χ0n) is 14.3. The Bertz CT molecular complexity index is 1050. The third-order valence-electron chi connectivity index (χ3n) is 3.62. The number of halogens is 1. The van der Waals surface area contributed by atoms with Gasteiger partial charge in [-0.15, -0.1) is 11.3 Å². The molecule has 9 heteroatoms. The number of benzene rings is 2. The van der Waals surface area contributed by atoms with Crippen LogP contribution < -0.4 is 10.0 Å². The van der Waals surface area contributed by atoms with E-state index in [1.165, 1.54) is 47.7 Å². The Morgan fingerprint density at radius 1 is 1.11 bits per heavy atom. The van der Waals surface area contributed by atoms with Gasteiger partial charge in [-0.25, -0.2) is 17.8 Å². The number of nitrogens with one attached hydrogen (secondary N) is 2. The van der Waals surface area contributed by atoms with Crippen molar-refractivity contribution in [3.05, 3.63) is 76.0 Å². The number of nitrogens with zero attached hydrogens (tertiary/aromatic N) is 1. The molecule has 140 valence electrons. The van der Waals surface area contributed by atoms with Gasteiger partial charge in [0.1, 0.15) is 5.82 Å². The molecule has 1 amide bonds. The highest BCUT2D eigenvalue weighted by Gasteiger charge is 2.14. The van der Waals surface area contributed by atoms with Crippen LogP contribution in [0, 0.1) is 12.7 Å². The minimum Gasteiger partial charge on any atom is -0.346 e. The Hall–Kier alpha value is -2.78. The molecule has 1 heterocycles. The number of hydrogen-bond acceptors (Lipinski definition) is 5. The van der Waals surface area contributed by atoms with Gasteiger partial charge in [0.2, 0.25) is 0 Å². The Kier molecular flexibility index (Phi) is 5.52. The molecule has 3 aromatic rings. The highest BCUT2D eigenvalue weighted by molar-refractivity contribution is 7.92. The minimum absolute atomic E-state index is 0.0516. The maximum atomic E-state index is 12.9. The fraction of sp³-hybridized carbons (Fsp3) is 0.111. The summed E-state index contributed by atoms with van der Waals surface area (Å²) >= 11 is 1.51. The first-order valence-corrected chi connectivity index (χ1v) is 10.3. The zero-order chi connectivity index (χ0) is 19.4. The number of aromatic nitrogens is 1. The summed E-state index contributed by atoms with van der Waals surface area (Å²) in [5.74, 6) is -0.800. The van der Waals surface area contributed by atoms with Gasteiger partial charge in [0, 0.05) is 16.6 Å². The van der Waals surface area contributed by atoms with Crippen molar-refractivity contribution in [1.29, 1.82) is 0 Å². The predicted octanol–water partition coefficient (Wildman–Crippen LogP) is 3.32. The lowest BCUT2D eigenvalue weighted by molar-refractivity contribution is 0.0950. The molecular formula is C18H16FN3O3S2. The van der Waals surface area contributed by atoms with Crippen LogP contribution in [-0.4, -0.2) is 19.3 Å². The zero-order valence-corrected chi connectivity index (χ0v) is 15.9. The standard InChI is InChI=1S/C18H16FN3O3S2/c1-12-21-16(11-26-12)10-20-18(23)13-2-6-15(7-3-13)22-27(24,25)17-8-4-14(19)5-9-17/h2-9,11,22H,10H2,1H3,(H,20,23). The van der Waals surface area contributed by atoms with E-state index in [1.807, 2.05) is 12.3 Å². The van der Waals surface area contributed by atoms with Crippen molar-refractivity contribution in [3.63, 3.8) is 0 Å². The minimum atomic E-state index is -3.83. The second-order valence-corrected chi connectivity index (χ2v) is 8.42. The molecular weight excluding hydrogens is 389 g/mol. The first-order valence-electron chi connectivity index (χ1n) is 7.91. The molecule has 27 heavy (non-hydrogen) atoms. The van der Waals surface area contributed by atoms with Crippen LogP contribution in [0.5, 0.6) is 0 Å². The SMILES string of the molecule is Cc1nc(CNC(=O)c2ccc(NS(=O)(=O)c3ccc(F)cc3)cc2)cs1. The molecule has 0 saturated heterocycles. The monoisotopic (exact) mass is 405 g/mol. The summed E-state index contributed by atoms with van der Waals surface area (Å²) in [5, 5.41) is 5.56. The van der Waals surface area contributed by atoms with E-state index in [1.54, 1.807) is 0 Å². The summed E-state index contributed by atoms with van der Waals surface area (Å²) in [5.41, 5.74) is 1.48. The summed E-state index contributed by atoms with van der Waals surface area (Å²) in [6, 6.07) is 10.5. The number of sulfonamides is 1. The van der Waals surface area contributed by atoms with Gasteiger partial charge in [-0.2, -0.15) is 0 Å². The third-order valence-corrected chi connectivity index (χ3v) is 5.84. The lowest BCUT2D eigenvalue weighted by atomic mass is 10.2. The molecule has 0 fully saturated rings. The molecule has 6 nitrogen and oxygen atoms in total. The van der Waals surface area contributed by atoms with Crippen molar-refractivity contribution < 1.29 is 17.6 Å². The number of carbonyl (C=O) groups is 1. The quantitative estimate of drug-likeness (QED) is 0.659. The molecule has 0 aliphatic heterocycles. The highest BCUT2D eigenvalue weighted by atomic mass is 32.2. The molecule has 0 saturated carbocycles. The van der Waals surface area contributed by atoms with Gasteiger partial charge >= 0.3 is 0 Å². The summed E-state index contributed by atoms with van der Waals surface area (Å²) in [6.45, 7) is 2.21. The number of thiazole rings is 1. The van der Waals surface area contributed by atoms with Crippen LogP contribution in [-0.2, 0) is 16.6 Å². The number of aryl methyl sites for hydroxylation is 1. The van der Waals surface area contributed by atoms with E-state index in [0.29, 0.717) is 17.8 Å². The molecule has 3 rings (SSSR count). The van der Waals surface area contributed by atoms with Crippen LogP contribution in [0.1, 0.15) is 21.1 Å². The molecule has 0 atom stereocenters. The average Bonchev–Trinajstić information content (AvgIpc) is 3.06. The number of rotatable bonds is 6. The Morgan fingerprint density at radius 3 is 2.37 bits per heavy atom. The van der Waals surface area contributed by atoms with E-state index in [9.17, 15) is 17.6 Å². The van der Waals surface area contributed by atoms with Crippen LogP contribution in [0.25, 0.3) is 0 Å². The molecule has 0 bridgehead atoms. The highest BCUT2D eigenvalue weighted by Crippen LogP contribution is 2.17. The lowest BCUT2D eigenvalue weighted by Crippen LogP contribution is -2.23. The van der Waals surface area contributed by atoms with Crippen LogP contribution in [0.2, 0.25) is 0 Å². The first kappa shape index (κ1) is 19.0. The van der Waals surface area contributed by atoms with E-state index in [-0.39, 0.29) is 10.8 Å². The van der Waals surface area contributed by atoms with Crippen LogP contribution in [0.3, 0.4) is 0 Å². The smallest absolute Gasteiger partial charge is 0.261 e. The number of hydrogen-bond donors (Lipinski definition) is 2. The Balaban J connectivity index is 1.64. The Morgan fingerprint density at radius 2 is 1.78 bits per heavy atom. The summed E-state index contributed by atoms with van der Waals surface area (Å²) in [7, 11) is -3.83. The van der Waals surface area contributed by atoms with Gasteiger partial charge in [0.05, 0.1) is 22.1 Å². The van der Waals surface area contributed by atoms with Gasteiger partial charge in [-0.3, -0.25) is 9.52 Å². The van der Waals surface area contributed by atoms with E-state index in [0.717, 1.165) is 22.8 Å². The van der Waals surface area contributed by atoms with Crippen molar-refractivity contribution >= 4 is 33.0 Å². The van der Waals surface area contributed by atoms with Crippen molar-refractivity contribution in [2.24, 2.45) is 0 Å². The second kappa shape index (κ2) is 7.85. The van der Waals surface area contributed by atoms with Crippen molar-refractivity contribution in [3.8, 4) is 0 Å². The van der Waals surface area contributed by atoms with Gasteiger partial charge < -0.3 is 5.32 Å². The van der Waals surface area contributed by atoms with Gasteiger partial charge in [-0.1, -0.05) is 0 Å². The molecule has 0 unspecified atom stereocenters. The van der Waals surface area contributed by atoms with Crippen molar-refractivity contribution in [2.75, 3.05) is 4.72 Å². The summed E-state index contributed by atoms with van der Waals surface area (Å²) < 4.78 is 39.9. The molecule has 0 spiro atoms. The summed E-state index contributed by atoms with van der Waals surface area (Å²) in [6.07, 6.45) is 0. The second-order valence-electron chi connectivity index (χ2n) is 5.68. The fourth-order valence-corrected chi connectivity index (χ4v) is 3.95. The fourth-order valence-electron chi connectivity index (χ4n) is 2.28. The van der Waals surface area contributed by atoms with Crippen molar-refractivity contribution in [1.82, 2.24) is 10.3 Å². The topological polar surface area (TPSA) is 88.2 Å². The number of carbonyl (C=O) groups excluding carboxylic acids is 1. The number of amides is 1. The molecule has 0 radical (unpaired) electrons. The van der Waals surface area contributed by atoms with Crippen LogP contribution in [0.4, 0.5) is 10.1 Å². The lowest BCUT2D eigenvalue weighted by Gasteiger charge is -2.09. The largest absolute Gasteiger partial charge is 0.346 e. The van der Waals surface area contributed by atoms with Gasteiger partial charge in [-0.05, 0) is 55.5 Å².